The third-order valence-corrected chi connectivity index (χ3v) is 11.1. The number of unbranched alkanes of at least 4 members (excludes halogenated alkanes) is 15. The van der Waals surface area contributed by atoms with Crippen LogP contribution in [0.5, 0.6) is 0 Å². The van der Waals surface area contributed by atoms with E-state index in [1.807, 2.05) is 12.2 Å². The highest BCUT2D eigenvalue weighted by Gasteiger charge is 2.19. The molecular formula is C63H100O6. The Balaban J connectivity index is 4.62. The van der Waals surface area contributed by atoms with Gasteiger partial charge in [0, 0.05) is 19.3 Å². The number of carbonyl (C=O) groups is 3. The van der Waals surface area contributed by atoms with Gasteiger partial charge in [0.2, 0.25) is 0 Å². The number of allylic oxidation sites excluding steroid dienone is 22. The predicted octanol–water partition coefficient (Wildman–Crippen LogP) is 18.6. The van der Waals surface area contributed by atoms with Crippen LogP contribution in [0.4, 0.5) is 0 Å². The zero-order valence-electron chi connectivity index (χ0n) is 44.3. The van der Waals surface area contributed by atoms with E-state index < -0.39 is 6.10 Å². The second-order valence-electron chi connectivity index (χ2n) is 17.7. The van der Waals surface area contributed by atoms with Crippen LogP contribution in [0.15, 0.2) is 134 Å². The van der Waals surface area contributed by atoms with E-state index in [2.05, 4.69) is 142 Å². The largest absolute Gasteiger partial charge is 0.462 e. The van der Waals surface area contributed by atoms with Crippen molar-refractivity contribution in [3.8, 4) is 0 Å². The van der Waals surface area contributed by atoms with Crippen LogP contribution in [-0.2, 0) is 28.6 Å². The summed E-state index contributed by atoms with van der Waals surface area (Å²) < 4.78 is 16.7. The molecule has 1 atom stereocenters. The first-order chi connectivity index (χ1) is 34.0. The fourth-order valence-electron chi connectivity index (χ4n) is 6.98. The summed E-state index contributed by atoms with van der Waals surface area (Å²) in [5.41, 5.74) is 0. The molecular weight excluding hydrogens is 853 g/mol. The molecule has 0 N–H and O–H groups in total. The minimum atomic E-state index is -0.840. The first-order valence-corrected chi connectivity index (χ1v) is 27.7. The minimum absolute atomic E-state index is 0.137. The van der Waals surface area contributed by atoms with Gasteiger partial charge in [-0.05, 0) is 122 Å². The monoisotopic (exact) mass is 953 g/mol. The van der Waals surface area contributed by atoms with Crippen molar-refractivity contribution in [3.63, 3.8) is 0 Å². The third-order valence-electron chi connectivity index (χ3n) is 11.1. The van der Waals surface area contributed by atoms with Crippen molar-refractivity contribution in [2.45, 2.75) is 232 Å². The molecule has 69 heavy (non-hydrogen) atoms. The van der Waals surface area contributed by atoms with E-state index in [1.165, 1.54) is 77.0 Å². The van der Waals surface area contributed by atoms with Crippen molar-refractivity contribution in [1.29, 1.82) is 0 Å². The Morgan fingerprint density at radius 2 is 0.609 bits per heavy atom. The minimum Gasteiger partial charge on any atom is -0.462 e. The van der Waals surface area contributed by atoms with Gasteiger partial charge in [0.25, 0.3) is 0 Å². The molecule has 0 unspecified atom stereocenters. The molecule has 0 saturated carbocycles. The summed E-state index contributed by atoms with van der Waals surface area (Å²) in [7, 11) is 0. The van der Waals surface area contributed by atoms with Gasteiger partial charge in [-0.2, -0.15) is 0 Å². The van der Waals surface area contributed by atoms with Gasteiger partial charge in [-0.15, -0.1) is 0 Å². The lowest BCUT2D eigenvalue weighted by Crippen LogP contribution is -2.30. The zero-order valence-corrected chi connectivity index (χ0v) is 44.3. The Bertz CT molecular complexity index is 1510. The Morgan fingerprint density at radius 1 is 0.304 bits per heavy atom. The average molecular weight is 953 g/mol. The maximum absolute atomic E-state index is 12.8. The highest BCUT2D eigenvalue weighted by molar-refractivity contribution is 5.71. The summed E-state index contributed by atoms with van der Waals surface area (Å²) in [5.74, 6) is -1.09. The van der Waals surface area contributed by atoms with E-state index in [-0.39, 0.29) is 50.4 Å². The van der Waals surface area contributed by atoms with Crippen LogP contribution >= 0.6 is 0 Å². The van der Waals surface area contributed by atoms with E-state index in [1.54, 1.807) is 0 Å². The average Bonchev–Trinajstić information content (AvgIpc) is 3.35. The molecule has 0 spiro atoms. The molecule has 0 aliphatic heterocycles. The Labute approximate surface area is 424 Å². The lowest BCUT2D eigenvalue weighted by Gasteiger charge is -2.18. The quantitative estimate of drug-likeness (QED) is 0.0262. The summed E-state index contributed by atoms with van der Waals surface area (Å²) in [6.07, 6.45) is 78.8. The highest BCUT2D eigenvalue weighted by atomic mass is 16.6. The molecule has 0 fully saturated rings. The van der Waals surface area contributed by atoms with E-state index in [0.717, 1.165) is 96.3 Å². The van der Waals surface area contributed by atoms with Crippen molar-refractivity contribution in [2.24, 2.45) is 0 Å². The molecule has 0 radical (unpaired) electrons. The van der Waals surface area contributed by atoms with Crippen LogP contribution < -0.4 is 0 Å². The summed E-state index contributed by atoms with van der Waals surface area (Å²) in [5, 5.41) is 0. The molecule has 6 heteroatoms. The number of rotatable bonds is 48. The summed E-state index contributed by atoms with van der Waals surface area (Å²) in [6.45, 7) is 6.36. The van der Waals surface area contributed by atoms with Crippen LogP contribution in [-0.4, -0.2) is 37.2 Å². The molecule has 0 aromatic rings. The molecule has 0 bridgehead atoms. The van der Waals surface area contributed by atoms with E-state index >= 15 is 0 Å². The van der Waals surface area contributed by atoms with Crippen LogP contribution in [0.25, 0.3) is 0 Å². The van der Waals surface area contributed by atoms with E-state index in [4.69, 9.17) is 14.2 Å². The SMILES string of the molecule is CC/C=C\C/C=C\C/C=C\C/C=C\C/C=C\C/C=C\CCC(=O)OC[C@H](COC(=O)CCC/C=C\C/C=C\C/C=C\C/C=C\CCCCC)OC(=O)CCCCCCC/C=C\CCCCCCCC. The number of hydrogen-bond acceptors (Lipinski definition) is 6. The molecule has 0 aliphatic rings. The lowest BCUT2D eigenvalue weighted by atomic mass is 10.1. The van der Waals surface area contributed by atoms with Crippen molar-refractivity contribution in [2.75, 3.05) is 13.2 Å². The molecule has 388 valence electrons. The number of hydrogen-bond donors (Lipinski definition) is 0. The highest BCUT2D eigenvalue weighted by Crippen LogP contribution is 2.12. The van der Waals surface area contributed by atoms with Crippen molar-refractivity contribution in [3.05, 3.63) is 134 Å². The third kappa shape index (κ3) is 54.4. The smallest absolute Gasteiger partial charge is 0.306 e. The molecule has 6 nitrogen and oxygen atoms in total. The summed E-state index contributed by atoms with van der Waals surface area (Å²) in [6, 6.07) is 0. The van der Waals surface area contributed by atoms with Gasteiger partial charge in [0.05, 0.1) is 0 Å². The van der Waals surface area contributed by atoms with Gasteiger partial charge in [0.15, 0.2) is 6.10 Å². The predicted molar refractivity (Wildman–Crippen MR) is 297 cm³/mol. The van der Waals surface area contributed by atoms with Gasteiger partial charge < -0.3 is 14.2 Å². The number of esters is 3. The van der Waals surface area contributed by atoms with Crippen molar-refractivity contribution in [1.82, 2.24) is 0 Å². The van der Waals surface area contributed by atoms with Crippen LogP contribution in [0.3, 0.4) is 0 Å². The number of carbonyl (C=O) groups excluding carboxylic acids is 3. The summed E-state index contributed by atoms with van der Waals surface area (Å²) >= 11 is 0. The van der Waals surface area contributed by atoms with Gasteiger partial charge in [-0.1, -0.05) is 219 Å². The molecule has 0 amide bonds. The number of ether oxygens (including phenoxy) is 3. The Kier molecular flexibility index (Phi) is 52.5. The maximum Gasteiger partial charge on any atom is 0.306 e. The fraction of sp³-hybridized carbons (Fsp3) is 0.603. The maximum atomic E-state index is 12.8. The van der Waals surface area contributed by atoms with Crippen LogP contribution in [0, 0.1) is 0 Å². The molecule has 0 aliphatic carbocycles. The van der Waals surface area contributed by atoms with Gasteiger partial charge in [-0.25, -0.2) is 0 Å². The molecule has 0 aromatic heterocycles. The zero-order chi connectivity index (χ0) is 50.0. The van der Waals surface area contributed by atoms with Crippen molar-refractivity contribution < 1.29 is 28.6 Å². The molecule has 0 heterocycles. The summed E-state index contributed by atoms with van der Waals surface area (Å²) in [4.78, 5) is 38.1. The Morgan fingerprint density at radius 3 is 1.06 bits per heavy atom. The first kappa shape index (κ1) is 64.5. The second kappa shape index (κ2) is 56.1. The van der Waals surface area contributed by atoms with E-state index in [0.29, 0.717) is 12.8 Å². The Hall–Kier alpha value is -4.45. The van der Waals surface area contributed by atoms with E-state index in [9.17, 15) is 14.4 Å². The van der Waals surface area contributed by atoms with Gasteiger partial charge >= 0.3 is 17.9 Å². The first-order valence-electron chi connectivity index (χ1n) is 27.7. The standard InChI is InChI=1S/C63H100O6/c1-4-7-10-13-16-19-22-25-28-30-31-33-36-38-41-44-47-50-53-56-62(65)68-59-60(69-63(66)57-54-51-48-45-42-39-34-27-24-21-18-15-12-9-6-3)58-67-61(64)55-52-49-46-43-40-37-35-32-29-26-23-20-17-14-11-8-5-2/h7,10,16-17,19-20,25-29,31,33-35,37-38,41,43,46-47,50,60H,4-6,8-9,11-15,18,21-24,30,32,36,39-40,42,44-45,48-49,51-59H2,1-3H3/b10-7-,19-16-,20-17-,28-25-,29-26-,33-31-,34-27-,37-35-,41-38-,46-43-,50-47-/t60-/m0/s1. The molecule has 0 rings (SSSR count). The van der Waals surface area contributed by atoms with Crippen LogP contribution in [0.2, 0.25) is 0 Å². The van der Waals surface area contributed by atoms with Gasteiger partial charge in [0.1, 0.15) is 13.2 Å². The second-order valence-corrected chi connectivity index (χ2v) is 17.7. The lowest BCUT2D eigenvalue weighted by molar-refractivity contribution is -0.166. The fourth-order valence-corrected chi connectivity index (χ4v) is 6.98. The normalized spacial score (nSPS) is 13.1. The van der Waals surface area contributed by atoms with Gasteiger partial charge in [-0.3, -0.25) is 14.4 Å². The topological polar surface area (TPSA) is 78.9 Å². The molecule has 0 aromatic carbocycles. The molecule has 0 saturated heterocycles. The van der Waals surface area contributed by atoms with Crippen LogP contribution in [0.1, 0.15) is 226 Å². The van der Waals surface area contributed by atoms with Crippen molar-refractivity contribution >= 4 is 17.9 Å².